The molecule has 3 rings (SSSR count). The molecule has 0 bridgehead atoms. The Bertz CT molecular complexity index is 1070. The van der Waals surface area contributed by atoms with E-state index in [1.165, 1.54) is 0 Å². The van der Waals surface area contributed by atoms with Crippen LogP contribution in [0.25, 0.3) is 26.6 Å². The van der Waals surface area contributed by atoms with Crippen molar-refractivity contribution in [3.63, 3.8) is 0 Å². The smallest absolute Gasteiger partial charge is 0.195 e. The summed E-state index contributed by atoms with van der Waals surface area (Å²) in [5.41, 5.74) is 2.21. The third-order valence-corrected chi connectivity index (χ3v) is 5.29. The molecule has 3 aromatic rings. The van der Waals surface area contributed by atoms with Gasteiger partial charge in [-0.2, -0.15) is 0 Å². The van der Waals surface area contributed by atoms with Crippen molar-refractivity contribution in [3.05, 3.63) is 76.0 Å². The van der Waals surface area contributed by atoms with E-state index < -0.39 is 0 Å². The van der Waals surface area contributed by atoms with Crippen molar-refractivity contribution < 1.29 is 10.2 Å². The summed E-state index contributed by atoms with van der Waals surface area (Å²) >= 11 is 1.57. The minimum absolute atomic E-state index is 0.0144. The molecule has 27 heavy (non-hydrogen) atoms. The lowest BCUT2D eigenvalue weighted by Crippen LogP contribution is -2.07. The van der Waals surface area contributed by atoms with Crippen LogP contribution >= 0.6 is 11.3 Å². The quantitative estimate of drug-likeness (QED) is 0.660. The summed E-state index contributed by atoms with van der Waals surface area (Å²) in [5.74, 6) is 5.86. The van der Waals surface area contributed by atoms with E-state index in [4.69, 9.17) is 5.11 Å². The van der Waals surface area contributed by atoms with Gasteiger partial charge in [0.25, 0.3) is 0 Å². The molecule has 1 heterocycles. The van der Waals surface area contributed by atoms with E-state index in [-0.39, 0.29) is 18.6 Å². The van der Waals surface area contributed by atoms with Gasteiger partial charge in [0.1, 0.15) is 0 Å². The molecule has 4 heteroatoms. The van der Waals surface area contributed by atoms with Crippen molar-refractivity contribution in [2.75, 3.05) is 13.2 Å². The molecule has 0 aliphatic rings. The van der Waals surface area contributed by atoms with E-state index in [2.05, 4.69) is 11.8 Å². The fraction of sp³-hybridized carbons (Fsp3) is 0.174. The molecule has 136 valence electrons. The molecule has 0 aliphatic heterocycles. The minimum Gasteiger partial charge on any atom is -0.396 e. The molecule has 0 saturated heterocycles. The summed E-state index contributed by atoms with van der Waals surface area (Å²) < 4.78 is 0.938. The average Bonchev–Trinajstić information content (AvgIpc) is 2.71. The molecule has 0 aliphatic carbocycles. The largest absolute Gasteiger partial charge is 0.396 e. The number of benzene rings is 2. The predicted octanol–water partition coefficient (Wildman–Crippen LogP) is 4.08. The summed E-state index contributed by atoms with van der Waals surface area (Å²) in [4.78, 5) is 14.1. The molecule has 0 atom stereocenters. The van der Waals surface area contributed by atoms with Crippen LogP contribution in [0.15, 0.2) is 65.0 Å². The Labute approximate surface area is 162 Å². The molecule has 0 unspecified atom stereocenters. The van der Waals surface area contributed by atoms with Crippen LogP contribution in [0, 0.1) is 11.8 Å². The maximum Gasteiger partial charge on any atom is 0.195 e. The van der Waals surface area contributed by atoms with E-state index in [0.717, 1.165) is 15.1 Å². The van der Waals surface area contributed by atoms with Crippen LogP contribution in [0.4, 0.5) is 0 Å². The zero-order chi connectivity index (χ0) is 19.1. The molecule has 1 aromatic heterocycles. The fourth-order valence-corrected chi connectivity index (χ4v) is 3.94. The number of hydrogen-bond acceptors (Lipinski definition) is 4. The number of fused-ring (bicyclic) bond motifs is 1. The van der Waals surface area contributed by atoms with Crippen LogP contribution in [0.5, 0.6) is 0 Å². The maximum absolute atomic E-state index is 13.2. The third kappa shape index (κ3) is 4.53. The SMILES string of the molecule is O=c1c(/C=C(\C#CCCO)CCO)c(-c2ccccc2)sc2ccccc12. The van der Waals surface area contributed by atoms with Crippen molar-refractivity contribution in [1.82, 2.24) is 0 Å². The Balaban J connectivity index is 2.26. The second-order valence-corrected chi connectivity index (χ2v) is 7.01. The highest BCUT2D eigenvalue weighted by molar-refractivity contribution is 7.21. The van der Waals surface area contributed by atoms with Crippen molar-refractivity contribution in [2.45, 2.75) is 12.8 Å². The second kappa shape index (κ2) is 9.29. The van der Waals surface area contributed by atoms with Crippen LogP contribution < -0.4 is 5.43 Å². The van der Waals surface area contributed by atoms with Gasteiger partial charge in [0.2, 0.25) is 0 Å². The van der Waals surface area contributed by atoms with E-state index in [9.17, 15) is 9.90 Å². The predicted molar refractivity (Wildman–Crippen MR) is 113 cm³/mol. The van der Waals surface area contributed by atoms with E-state index in [0.29, 0.717) is 29.4 Å². The summed E-state index contributed by atoms with van der Waals surface area (Å²) in [6, 6.07) is 17.4. The van der Waals surface area contributed by atoms with Crippen molar-refractivity contribution in [1.29, 1.82) is 0 Å². The molecule has 0 saturated carbocycles. The zero-order valence-corrected chi connectivity index (χ0v) is 15.6. The Morgan fingerprint density at radius 2 is 1.74 bits per heavy atom. The Kier molecular flexibility index (Phi) is 6.56. The third-order valence-electron chi connectivity index (χ3n) is 4.05. The molecule has 0 amide bonds. The van der Waals surface area contributed by atoms with E-state index in [1.54, 1.807) is 17.4 Å². The molecule has 2 N–H and O–H groups in total. The lowest BCUT2D eigenvalue weighted by molar-refractivity contribution is 0.301. The molecular weight excluding hydrogens is 356 g/mol. The zero-order valence-electron chi connectivity index (χ0n) is 14.8. The van der Waals surface area contributed by atoms with Crippen LogP contribution in [-0.2, 0) is 0 Å². The first-order valence-corrected chi connectivity index (χ1v) is 9.58. The van der Waals surface area contributed by atoms with Gasteiger partial charge in [-0.05, 0) is 23.8 Å². The Morgan fingerprint density at radius 1 is 1.00 bits per heavy atom. The highest BCUT2D eigenvalue weighted by Gasteiger charge is 2.13. The number of aliphatic hydroxyl groups excluding tert-OH is 2. The number of rotatable bonds is 5. The number of hydrogen-bond donors (Lipinski definition) is 2. The highest BCUT2D eigenvalue weighted by atomic mass is 32.1. The van der Waals surface area contributed by atoms with E-state index >= 15 is 0 Å². The van der Waals surface area contributed by atoms with Gasteiger partial charge in [-0.15, -0.1) is 11.3 Å². The molecule has 0 radical (unpaired) electrons. The monoisotopic (exact) mass is 376 g/mol. The molecule has 0 spiro atoms. The van der Waals surface area contributed by atoms with Gasteiger partial charge in [-0.25, -0.2) is 0 Å². The van der Waals surface area contributed by atoms with Crippen LogP contribution in [-0.4, -0.2) is 23.4 Å². The maximum atomic E-state index is 13.2. The van der Waals surface area contributed by atoms with E-state index in [1.807, 2.05) is 54.6 Å². The summed E-state index contributed by atoms with van der Waals surface area (Å²) in [5, 5.41) is 19.0. The summed E-state index contributed by atoms with van der Waals surface area (Å²) in [6.45, 7) is -0.0645. The molecular formula is C23H20O3S. The standard InChI is InChI=1S/C23H20O3S/c24-14-7-6-8-17(13-15-25)16-20-22(26)19-11-4-5-12-21(19)27-23(20)18-9-2-1-3-10-18/h1-5,9-12,16,24-25H,7,13-15H2/b17-16+. The second-order valence-electron chi connectivity index (χ2n) is 5.95. The van der Waals surface area contributed by atoms with Crippen LogP contribution in [0.1, 0.15) is 18.4 Å². The first kappa shape index (κ1) is 19.1. The molecule has 3 nitrogen and oxygen atoms in total. The van der Waals surface area contributed by atoms with Gasteiger partial charge in [-0.1, -0.05) is 54.3 Å². The van der Waals surface area contributed by atoms with Gasteiger partial charge < -0.3 is 10.2 Å². The van der Waals surface area contributed by atoms with Crippen LogP contribution in [0.3, 0.4) is 0 Å². The summed E-state index contributed by atoms with van der Waals surface area (Å²) in [7, 11) is 0. The first-order chi connectivity index (χ1) is 13.2. The summed E-state index contributed by atoms with van der Waals surface area (Å²) in [6.07, 6.45) is 2.51. The topological polar surface area (TPSA) is 57.5 Å². The van der Waals surface area contributed by atoms with Crippen molar-refractivity contribution in [2.24, 2.45) is 0 Å². The van der Waals surface area contributed by atoms with Gasteiger partial charge in [-0.3, -0.25) is 4.79 Å². The molecule has 0 fully saturated rings. The van der Waals surface area contributed by atoms with Gasteiger partial charge >= 0.3 is 0 Å². The Morgan fingerprint density at radius 3 is 2.48 bits per heavy atom. The molecule has 2 aromatic carbocycles. The Hall–Kier alpha value is -2.71. The lowest BCUT2D eigenvalue weighted by Gasteiger charge is -2.09. The average molecular weight is 376 g/mol. The normalized spacial score (nSPS) is 11.3. The van der Waals surface area contributed by atoms with Gasteiger partial charge in [0.05, 0.1) is 6.61 Å². The number of aliphatic hydroxyl groups is 2. The lowest BCUT2D eigenvalue weighted by atomic mass is 10.0. The fourth-order valence-electron chi connectivity index (χ4n) is 2.79. The first-order valence-electron chi connectivity index (χ1n) is 8.77. The van der Waals surface area contributed by atoms with Gasteiger partial charge in [0.15, 0.2) is 5.43 Å². The van der Waals surface area contributed by atoms with Crippen molar-refractivity contribution >= 4 is 27.5 Å². The van der Waals surface area contributed by atoms with Crippen molar-refractivity contribution in [3.8, 4) is 22.3 Å². The highest BCUT2D eigenvalue weighted by Crippen LogP contribution is 2.32. The minimum atomic E-state index is -0.0501. The van der Waals surface area contributed by atoms with Crippen LogP contribution in [0.2, 0.25) is 0 Å². The van der Waals surface area contributed by atoms with Gasteiger partial charge in [0, 0.05) is 45.5 Å².